The van der Waals surface area contributed by atoms with E-state index in [1.165, 1.54) is 6.42 Å². The van der Waals surface area contributed by atoms with Crippen LogP contribution in [0.5, 0.6) is 0 Å². The summed E-state index contributed by atoms with van der Waals surface area (Å²) < 4.78 is 0. The summed E-state index contributed by atoms with van der Waals surface area (Å²) in [5.41, 5.74) is 2.18. The summed E-state index contributed by atoms with van der Waals surface area (Å²) in [7, 11) is 0. The van der Waals surface area contributed by atoms with Gasteiger partial charge in [-0.2, -0.15) is 0 Å². The Bertz CT molecular complexity index is 503. The van der Waals surface area contributed by atoms with Crippen LogP contribution in [0.1, 0.15) is 25.7 Å². The van der Waals surface area contributed by atoms with E-state index in [0.717, 1.165) is 55.6 Å². The van der Waals surface area contributed by atoms with Gasteiger partial charge in [-0.25, -0.2) is 0 Å². The van der Waals surface area contributed by atoms with E-state index in [1.54, 1.807) is 0 Å². The molecule has 1 N–H and O–H groups in total. The Kier molecular flexibility index (Phi) is 2.54. The van der Waals surface area contributed by atoms with Crippen LogP contribution in [0.2, 0.25) is 0 Å². The first-order valence-electron chi connectivity index (χ1n) is 7.47. The number of hydrogen-bond donors (Lipinski definition) is 1. The minimum atomic E-state index is 0.287. The SMILES string of the molecule is O=C(C1CC2CC2C1)N1CCCNc2ccccc21. The zero-order valence-electron chi connectivity index (χ0n) is 11.1. The Morgan fingerprint density at radius 3 is 2.79 bits per heavy atom. The molecule has 1 heterocycles. The summed E-state index contributed by atoms with van der Waals surface area (Å²) in [6.45, 7) is 1.81. The molecule has 1 amide bonds. The molecular weight excluding hydrogens is 236 g/mol. The number of hydrogen-bond acceptors (Lipinski definition) is 2. The molecule has 3 heteroatoms. The van der Waals surface area contributed by atoms with Crippen LogP contribution in [0.3, 0.4) is 0 Å². The Hall–Kier alpha value is -1.51. The van der Waals surface area contributed by atoms with Gasteiger partial charge in [0, 0.05) is 19.0 Å². The van der Waals surface area contributed by atoms with E-state index in [-0.39, 0.29) is 5.92 Å². The molecule has 3 aliphatic rings. The molecule has 4 rings (SSSR count). The summed E-state index contributed by atoms with van der Waals surface area (Å²) in [6.07, 6.45) is 4.67. The van der Waals surface area contributed by atoms with Gasteiger partial charge in [0.05, 0.1) is 11.4 Å². The monoisotopic (exact) mass is 256 g/mol. The highest BCUT2D eigenvalue weighted by atomic mass is 16.2. The highest BCUT2D eigenvalue weighted by Gasteiger charge is 2.49. The second-order valence-electron chi connectivity index (χ2n) is 6.21. The third-order valence-electron chi connectivity index (χ3n) is 4.93. The van der Waals surface area contributed by atoms with E-state index in [1.807, 2.05) is 17.0 Å². The van der Waals surface area contributed by atoms with Gasteiger partial charge in [0.25, 0.3) is 0 Å². The number of amides is 1. The highest BCUT2D eigenvalue weighted by molar-refractivity contribution is 5.98. The molecule has 19 heavy (non-hydrogen) atoms. The zero-order chi connectivity index (χ0) is 12.8. The van der Waals surface area contributed by atoms with Crippen LogP contribution < -0.4 is 10.2 Å². The lowest BCUT2D eigenvalue weighted by molar-refractivity contribution is -0.122. The second kappa shape index (κ2) is 4.26. The van der Waals surface area contributed by atoms with Gasteiger partial charge in [0.1, 0.15) is 0 Å². The molecule has 0 bridgehead atoms. The zero-order valence-corrected chi connectivity index (χ0v) is 11.1. The first-order valence-corrected chi connectivity index (χ1v) is 7.47. The van der Waals surface area contributed by atoms with Gasteiger partial charge in [-0.1, -0.05) is 12.1 Å². The molecule has 0 aromatic heterocycles. The molecule has 0 radical (unpaired) electrons. The fourth-order valence-corrected chi connectivity index (χ4v) is 3.80. The maximum atomic E-state index is 12.8. The molecule has 2 saturated carbocycles. The van der Waals surface area contributed by atoms with Crippen molar-refractivity contribution in [3.63, 3.8) is 0 Å². The van der Waals surface area contributed by atoms with Gasteiger partial charge < -0.3 is 10.2 Å². The Morgan fingerprint density at radius 1 is 1.16 bits per heavy atom. The number of nitrogens with one attached hydrogen (secondary N) is 1. The second-order valence-corrected chi connectivity index (χ2v) is 6.21. The first-order chi connectivity index (χ1) is 9.33. The molecule has 1 aromatic rings. The topological polar surface area (TPSA) is 32.3 Å². The lowest BCUT2D eigenvalue weighted by Crippen LogP contribution is -2.36. The Balaban J connectivity index is 1.61. The molecular formula is C16H20N2O. The van der Waals surface area contributed by atoms with Crippen molar-refractivity contribution in [2.45, 2.75) is 25.7 Å². The quantitative estimate of drug-likeness (QED) is 0.838. The maximum absolute atomic E-state index is 12.8. The van der Waals surface area contributed by atoms with Crippen LogP contribution in [0.4, 0.5) is 11.4 Å². The molecule has 3 nitrogen and oxygen atoms in total. The first kappa shape index (κ1) is 11.3. The molecule has 0 saturated heterocycles. The molecule has 2 aliphatic carbocycles. The molecule has 2 atom stereocenters. The molecule has 0 spiro atoms. The fourth-order valence-electron chi connectivity index (χ4n) is 3.80. The van der Waals surface area contributed by atoms with Gasteiger partial charge >= 0.3 is 0 Å². The maximum Gasteiger partial charge on any atom is 0.230 e. The van der Waals surface area contributed by atoms with Crippen molar-refractivity contribution in [2.24, 2.45) is 17.8 Å². The molecule has 1 aromatic carbocycles. The van der Waals surface area contributed by atoms with Crippen molar-refractivity contribution < 1.29 is 4.79 Å². The van der Waals surface area contributed by atoms with Crippen molar-refractivity contribution in [1.29, 1.82) is 0 Å². The van der Waals surface area contributed by atoms with E-state index in [4.69, 9.17) is 0 Å². The Labute approximate surface area is 114 Å². The number of fused-ring (bicyclic) bond motifs is 2. The van der Waals surface area contributed by atoms with Crippen molar-refractivity contribution in [3.05, 3.63) is 24.3 Å². The molecule has 2 fully saturated rings. The molecule has 2 unspecified atom stereocenters. The van der Waals surface area contributed by atoms with Gasteiger partial charge in [0.15, 0.2) is 0 Å². The van der Waals surface area contributed by atoms with Crippen LogP contribution in [0.25, 0.3) is 0 Å². The van der Waals surface area contributed by atoms with Crippen molar-refractivity contribution >= 4 is 17.3 Å². The fraction of sp³-hybridized carbons (Fsp3) is 0.562. The normalized spacial score (nSPS) is 32.0. The highest BCUT2D eigenvalue weighted by Crippen LogP contribution is 2.54. The lowest BCUT2D eigenvalue weighted by Gasteiger charge is -2.26. The van der Waals surface area contributed by atoms with Crippen molar-refractivity contribution in [1.82, 2.24) is 0 Å². The van der Waals surface area contributed by atoms with E-state index < -0.39 is 0 Å². The number of anilines is 2. The summed E-state index contributed by atoms with van der Waals surface area (Å²) in [5, 5.41) is 3.42. The van der Waals surface area contributed by atoms with Crippen LogP contribution in [-0.4, -0.2) is 19.0 Å². The number of rotatable bonds is 1. The number of carbonyl (C=O) groups is 1. The van der Waals surface area contributed by atoms with Gasteiger partial charge in [-0.05, 0) is 49.7 Å². The number of nitrogens with zero attached hydrogens (tertiary/aromatic N) is 1. The van der Waals surface area contributed by atoms with E-state index in [9.17, 15) is 4.79 Å². The summed E-state index contributed by atoms with van der Waals surface area (Å²) in [6, 6.07) is 8.21. The third kappa shape index (κ3) is 1.92. The van der Waals surface area contributed by atoms with Gasteiger partial charge in [-0.3, -0.25) is 4.79 Å². The molecule has 1 aliphatic heterocycles. The molecule has 100 valence electrons. The summed E-state index contributed by atoms with van der Waals surface area (Å²) in [4.78, 5) is 14.8. The smallest absolute Gasteiger partial charge is 0.230 e. The predicted octanol–water partition coefficient (Wildman–Crippen LogP) is 2.88. The minimum Gasteiger partial charge on any atom is -0.383 e. The average molecular weight is 256 g/mol. The van der Waals surface area contributed by atoms with Crippen LogP contribution >= 0.6 is 0 Å². The largest absolute Gasteiger partial charge is 0.383 e. The number of benzene rings is 1. The van der Waals surface area contributed by atoms with Crippen LogP contribution in [0, 0.1) is 17.8 Å². The Morgan fingerprint density at radius 2 is 1.95 bits per heavy atom. The predicted molar refractivity (Wildman–Crippen MR) is 76.2 cm³/mol. The lowest BCUT2D eigenvalue weighted by atomic mass is 10.0. The van der Waals surface area contributed by atoms with Crippen molar-refractivity contribution in [2.75, 3.05) is 23.3 Å². The van der Waals surface area contributed by atoms with Gasteiger partial charge in [0.2, 0.25) is 5.91 Å². The van der Waals surface area contributed by atoms with E-state index >= 15 is 0 Å². The standard InChI is InChI=1S/C16H20N2O/c19-16(13-9-11-8-12(11)10-13)18-7-3-6-17-14-4-1-2-5-15(14)18/h1-2,4-5,11-13,17H,3,6-10H2. The van der Waals surface area contributed by atoms with E-state index in [0.29, 0.717) is 5.91 Å². The average Bonchev–Trinajstić information content (AvgIpc) is 3.12. The minimum absolute atomic E-state index is 0.287. The summed E-state index contributed by atoms with van der Waals surface area (Å²) in [5.74, 6) is 2.39. The van der Waals surface area contributed by atoms with E-state index in [2.05, 4.69) is 17.4 Å². The van der Waals surface area contributed by atoms with Crippen molar-refractivity contribution in [3.8, 4) is 0 Å². The number of para-hydroxylation sites is 2. The summed E-state index contributed by atoms with van der Waals surface area (Å²) >= 11 is 0. The third-order valence-corrected chi connectivity index (χ3v) is 4.93. The number of carbonyl (C=O) groups excluding carboxylic acids is 1. The van der Waals surface area contributed by atoms with Gasteiger partial charge in [-0.15, -0.1) is 0 Å². The van der Waals surface area contributed by atoms with Crippen LogP contribution in [0.15, 0.2) is 24.3 Å². The van der Waals surface area contributed by atoms with Crippen LogP contribution in [-0.2, 0) is 4.79 Å².